The van der Waals surface area contributed by atoms with Gasteiger partial charge in [0, 0.05) is 10.4 Å². The lowest BCUT2D eigenvalue weighted by atomic mass is 10.1. The Hall–Kier alpha value is -3.68. The summed E-state index contributed by atoms with van der Waals surface area (Å²) in [5.41, 5.74) is 1.66. The molecule has 1 aromatic heterocycles. The van der Waals surface area contributed by atoms with Crippen molar-refractivity contribution in [1.29, 1.82) is 5.26 Å². The number of hydrogen-bond acceptors (Lipinski definition) is 7. The topological polar surface area (TPSA) is 97.7 Å². The molecule has 1 heterocycles. The van der Waals surface area contributed by atoms with E-state index in [4.69, 9.17) is 14.2 Å². The van der Waals surface area contributed by atoms with Crippen molar-refractivity contribution >= 4 is 50.2 Å². The molecule has 0 fully saturated rings. The molecular weight excluding hydrogens is 563 g/mol. The molecule has 0 saturated carbocycles. The minimum atomic E-state index is -0.677. The highest BCUT2D eigenvalue weighted by Crippen LogP contribution is 2.38. The summed E-state index contributed by atoms with van der Waals surface area (Å²) < 4.78 is 30.8. The van der Waals surface area contributed by atoms with Crippen LogP contribution in [0, 0.1) is 31.0 Å². The van der Waals surface area contributed by atoms with Crippen LogP contribution in [0.2, 0.25) is 0 Å². The van der Waals surface area contributed by atoms with Gasteiger partial charge in [-0.1, -0.05) is 18.2 Å². The first-order chi connectivity index (χ1) is 17.7. The smallest absolute Gasteiger partial charge is 0.341 e. The van der Waals surface area contributed by atoms with Crippen LogP contribution in [0.5, 0.6) is 11.5 Å². The van der Waals surface area contributed by atoms with Gasteiger partial charge in [0.15, 0.2) is 11.5 Å². The Bertz CT molecular complexity index is 1410. The molecular formula is C27H24BrFN2O5S. The van der Waals surface area contributed by atoms with Crippen LogP contribution in [0.1, 0.15) is 38.8 Å². The lowest BCUT2D eigenvalue weighted by molar-refractivity contribution is -0.112. The zero-order valence-corrected chi connectivity index (χ0v) is 23.0. The number of aryl methyl sites for hydroxylation is 1. The predicted octanol–water partition coefficient (Wildman–Crippen LogP) is 6.58. The number of ether oxygens (including phenoxy) is 3. The second-order valence-electron chi connectivity index (χ2n) is 7.75. The van der Waals surface area contributed by atoms with Crippen LogP contribution in [-0.4, -0.2) is 25.6 Å². The fourth-order valence-corrected chi connectivity index (χ4v) is 5.00. The van der Waals surface area contributed by atoms with Gasteiger partial charge in [0.2, 0.25) is 0 Å². The third-order valence-corrected chi connectivity index (χ3v) is 7.06. The number of esters is 1. The van der Waals surface area contributed by atoms with Crippen molar-refractivity contribution in [3.8, 4) is 17.6 Å². The van der Waals surface area contributed by atoms with Crippen LogP contribution in [0.3, 0.4) is 0 Å². The fourth-order valence-electron chi connectivity index (χ4n) is 3.38. The quantitative estimate of drug-likeness (QED) is 0.173. The molecule has 192 valence electrons. The number of rotatable bonds is 9. The van der Waals surface area contributed by atoms with Gasteiger partial charge in [-0.2, -0.15) is 5.26 Å². The molecule has 1 amide bonds. The van der Waals surface area contributed by atoms with Crippen LogP contribution < -0.4 is 14.8 Å². The summed E-state index contributed by atoms with van der Waals surface area (Å²) in [4.78, 5) is 26.2. The standard InChI is InChI=1S/C27H24BrFN2O5S/c1-5-35-27(33)23-15(2)16(3)37-26(23)31-25(32)19(13-30)10-17-11-20(28)24(22(12-17)34-4)36-14-18-8-6-7-9-21(18)29/h6-12H,5,14H2,1-4H3,(H,31,32). The number of carbonyl (C=O) groups is 2. The molecule has 0 radical (unpaired) electrons. The van der Waals surface area contributed by atoms with Crippen LogP contribution >= 0.6 is 27.3 Å². The number of halogens is 2. The lowest BCUT2D eigenvalue weighted by Gasteiger charge is -2.14. The van der Waals surface area contributed by atoms with E-state index in [1.54, 1.807) is 44.2 Å². The minimum Gasteiger partial charge on any atom is -0.493 e. The van der Waals surface area contributed by atoms with Crippen molar-refractivity contribution in [3.63, 3.8) is 0 Å². The molecule has 7 nitrogen and oxygen atoms in total. The number of benzene rings is 2. The van der Waals surface area contributed by atoms with Crippen molar-refractivity contribution < 1.29 is 28.2 Å². The second-order valence-corrected chi connectivity index (χ2v) is 9.83. The van der Waals surface area contributed by atoms with Crippen molar-refractivity contribution in [1.82, 2.24) is 0 Å². The zero-order valence-electron chi connectivity index (χ0n) is 20.6. The number of nitrogens with one attached hydrogen (secondary N) is 1. The number of nitriles is 1. The van der Waals surface area contributed by atoms with Crippen LogP contribution in [-0.2, 0) is 16.1 Å². The number of thiophene rings is 1. The Morgan fingerprint density at radius 2 is 1.97 bits per heavy atom. The molecule has 0 atom stereocenters. The van der Waals surface area contributed by atoms with Gasteiger partial charge in [0.05, 0.1) is 23.8 Å². The molecule has 0 saturated heterocycles. The third-order valence-electron chi connectivity index (χ3n) is 5.35. The van der Waals surface area contributed by atoms with E-state index < -0.39 is 11.9 Å². The molecule has 3 rings (SSSR count). The van der Waals surface area contributed by atoms with Gasteiger partial charge in [0.1, 0.15) is 29.1 Å². The van der Waals surface area contributed by atoms with Crippen LogP contribution in [0.15, 0.2) is 46.4 Å². The first kappa shape index (κ1) is 27.9. The number of carbonyl (C=O) groups excluding carboxylic acids is 2. The van der Waals surface area contributed by atoms with Gasteiger partial charge in [-0.25, -0.2) is 9.18 Å². The third kappa shape index (κ3) is 6.56. The Balaban J connectivity index is 1.87. The molecule has 0 aliphatic carbocycles. The summed E-state index contributed by atoms with van der Waals surface area (Å²) in [6, 6.07) is 11.4. The molecule has 37 heavy (non-hydrogen) atoms. The summed E-state index contributed by atoms with van der Waals surface area (Å²) in [5, 5.41) is 12.7. The maximum Gasteiger partial charge on any atom is 0.341 e. The van der Waals surface area contributed by atoms with Crippen molar-refractivity contribution in [3.05, 3.63) is 79.4 Å². The minimum absolute atomic E-state index is 0.0227. The number of hydrogen-bond donors (Lipinski definition) is 1. The highest BCUT2D eigenvalue weighted by molar-refractivity contribution is 9.10. The van der Waals surface area contributed by atoms with E-state index in [0.29, 0.717) is 37.7 Å². The Kier molecular flexibility index (Phi) is 9.44. The van der Waals surface area contributed by atoms with Crippen LogP contribution in [0.25, 0.3) is 6.08 Å². The molecule has 1 N–H and O–H groups in total. The van der Waals surface area contributed by atoms with Crippen molar-refractivity contribution in [2.75, 3.05) is 19.0 Å². The van der Waals surface area contributed by atoms with Gasteiger partial charge < -0.3 is 19.5 Å². The normalized spacial score (nSPS) is 11.0. The lowest BCUT2D eigenvalue weighted by Crippen LogP contribution is -2.16. The van der Waals surface area contributed by atoms with E-state index in [1.807, 2.05) is 13.0 Å². The van der Waals surface area contributed by atoms with Gasteiger partial charge in [-0.15, -0.1) is 11.3 Å². The molecule has 10 heteroatoms. The Labute approximate surface area is 226 Å². The Morgan fingerprint density at radius 3 is 2.62 bits per heavy atom. The summed E-state index contributed by atoms with van der Waals surface area (Å²) in [7, 11) is 1.45. The van der Waals surface area contributed by atoms with E-state index in [2.05, 4.69) is 21.2 Å². The van der Waals surface area contributed by atoms with E-state index in [9.17, 15) is 19.2 Å². The average Bonchev–Trinajstić information content (AvgIpc) is 3.14. The highest BCUT2D eigenvalue weighted by atomic mass is 79.9. The highest BCUT2D eigenvalue weighted by Gasteiger charge is 2.23. The molecule has 2 aromatic carbocycles. The van der Waals surface area contributed by atoms with E-state index in [0.717, 1.165) is 4.88 Å². The SMILES string of the molecule is CCOC(=O)c1c(NC(=O)C(C#N)=Cc2cc(Br)c(OCc3ccccc3F)c(OC)c2)sc(C)c1C. The van der Waals surface area contributed by atoms with Crippen molar-refractivity contribution in [2.24, 2.45) is 0 Å². The van der Waals surface area contributed by atoms with E-state index >= 15 is 0 Å². The number of methoxy groups -OCH3 is 1. The molecule has 0 spiro atoms. The van der Waals surface area contributed by atoms with Crippen molar-refractivity contribution in [2.45, 2.75) is 27.4 Å². The predicted molar refractivity (Wildman–Crippen MR) is 143 cm³/mol. The molecule has 0 unspecified atom stereocenters. The second kappa shape index (κ2) is 12.5. The first-order valence-electron chi connectivity index (χ1n) is 11.1. The van der Waals surface area contributed by atoms with Gasteiger partial charge in [-0.3, -0.25) is 4.79 Å². The number of anilines is 1. The molecule has 0 aliphatic heterocycles. The van der Waals surface area contributed by atoms with Gasteiger partial charge >= 0.3 is 5.97 Å². The summed E-state index contributed by atoms with van der Waals surface area (Å²) in [5.74, 6) is -0.937. The first-order valence-corrected chi connectivity index (χ1v) is 12.7. The molecule has 3 aromatic rings. The molecule has 0 aliphatic rings. The average molecular weight is 587 g/mol. The largest absolute Gasteiger partial charge is 0.493 e. The van der Waals surface area contributed by atoms with Gasteiger partial charge in [0.25, 0.3) is 5.91 Å². The Morgan fingerprint density at radius 1 is 1.24 bits per heavy atom. The number of amides is 1. The maximum atomic E-state index is 14.0. The fraction of sp³-hybridized carbons (Fsp3) is 0.222. The number of nitrogens with zero attached hydrogens (tertiary/aromatic N) is 1. The maximum absolute atomic E-state index is 14.0. The summed E-state index contributed by atoms with van der Waals surface area (Å²) >= 11 is 4.66. The molecule has 0 bridgehead atoms. The van der Waals surface area contributed by atoms with Crippen LogP contribution in [0.4, 0.5) is 9.39 Å². The van der Waals surface area contributed by atoms with Gasteiger partial charge in [-0.05, 0) is 72.1 Å². The summed E-state index contributed by atoms with van der Waals surface area (Å²) in [6.45, 7) is 5.48. The summed E-state index contributed by atoms with van der Waals surface area (Å²) in [6.07, 6.45) is 1.39. The monoisotopic (exact) mass is 586 g/mol. The zero-order chi connectivity index (χ0) is 27.1. The van der Waals surface area contributed by atoms with E-state index in [1.165, 1.54) is 30.6 Å². The van der Waals surface area contributed by atoms with E-state index in [-0.39, 0.29) is 30.2 Å².